The van der Waals surface area contributed by atoms with E-state index in [1.807, 2.05) is 14.1 Å². The van der Waals surface area contributed by atoms with Gasteiger partial charge in [-0.15, -0.1) is 35.3 Å². The van der Waals surface area contributed by atoms with Crippen molar-refractivity contribution in [3.8, 4) is 0 Å². The number of hydrogen-bond donors (Lipinski definition) is 2. The molecular formula is C18H32IN5OS. The summed E-state index contributed by atoms with van der Waals surface area (Å²) in [6.07, 6.45) is 3.10. The maximum Gasteiger partial charge on any atom is 0.239 e. The van der Waals surface area contributed by atoms with Gasteiger partial charge in [-0.3, -0.25) is 9.69 Å². The van der Waals surface area contributed by atoms with E-state index in [2.05, 4.69) is 45.0 Å². The van der Waals surface area contributed by atoms with Crippen molar-refractivity contribution in [2.24, 2.45) is 4.99 Å². The molecule has 0 saturated carbocycles. The maximum absolute atomic E-state index is 12.2. The fourth-order valence-corrected chi connectivity index (χ4v) is 3.69. The van der Waals surface area contributed by atoms with E-state index in [0.717, 1.165) is 51.4 Å². The van der Waals surface area contributed by atoms with Crippen molar-refractivity contribution in [3.63, 3.8) is 0 Å². The molecule has 1 aliphatic heterocycles. The number of hydrogen-bond acceptors (Lipinski definition) is 4. The summed E-state index contributed by atoms with van der Waals surface area (Å²) in [5, 5.41) is 8.76. The molecule has 0 aliphatic carbocycles. The van der Waals surface area contributed by atoms with Gasteiger partial charge in [0.05, 0.1) is 12.6 Å². The summed E-state index contributed by atoms with van der Waals surface area (Å²) in [6.45, 7) is 6.46. The molecule has 1 atom stereocenters. The minimum Gasteiger partial charge on any atom is -0.357 e. The van der Waals surface area contributed by atoms with Crippen molar-refractivity contribution in [3.05, 3.63) is 22.4 Å². The van der Waals surface area contributed by atoms with Crippen LogP contribution in [0.3, 0.4) is 0 Å². The highest BCUT2D eigenvalue weighted by molar-refractivity contribution is 14.0. The summed E-state index contributed by atoms with van der Waals surface area (Å²) in [5.41, 5.74) is 0. The van der Waals surface area contributed by atoms with E-state index in [-0.39, 0.29) is 35.9 Å². The van der Waals surface area contributed by atoms with Crippen LogP contribution in [0, 0.1) is 0 Å². The topological polar surface area (TPSA) is 60.0 Å². The summed E-state index contributed by atoms with van der Waals surface area (Å²) >= 11 is 1.73. The molecule has 148 valence electrons. The van der Waals surface area contributed by atoms with Crippen LogP contribution >= 0.6 is 35.3 Å². The summed E-state index contributed by atoms with van der Waals surface area (Å²) in [5.74, 6) is 1.09. The largest absolute Gasteiger partial charge is 0.357 e. The van der Waals surface area contributed by atoms with Crippen LogP contribution in [-0.4, -0.2) is 68.0 Å². The first-order valence-electron chi connectivity index (χ1n) is 9.11. The molecule has 1 aliphatic rings. The molecule has 2 rings (SSSR count). The maximum atomic E-state index is 12.2. The SMILES string of the molecule is CCNC(=NCc1cccs1)NCCCN1CCCC1C(=O)N(C)C.I. The van der Waals surface area contributed by atoms with Crippen molar-refractivity contribution < 1.29 is 4.79 Å². The summed E-state index contributed by atoms with van der Waals surface area (Å²) in [7, 11) is 3.68. The van der Waals surface area contributed by atoms with Crippen molar-refractivity contribution >= 4 is 47.2 Å². The van der Waals surface area contributed by atoms with Gasteiger partial charge in [-0.1, -0.05) is 6.07 Å². The standard InChI is InChI=1S/C18H31N5OS.HI/c1-4-19-18(21-14-15-8-6-13-25-15)20-10-7-12-23-11-5-9-16(23)17(24)22(2)3;/h6,8,13,16H,4-5,7,9-12,14H2,1-3H3,(H2,19,20,21);1H. The number of guanidine groups is 1. The van der Waals surface area contributed by atoms with Gasteiger partial charge in [-0.05, 0) is 44.2 Å². The average molecular weight is 493 g/mol. The van der Waals surface area contributed by atoms with Crippen LogP contribution in [0.5, 0.6) is 0 Å². The zero-order valence-electron chi connectivity index (χ0n) is 16.0. The molecule has 1 aromatic rings. The highest BCUT2D eigenvalue weighted by Gasteiger charge is 2.30. The van der Waals surface area contributed by atoms with Crippen LogP contribution in [0.4, 0.5) is 0 Å². The number of carbonyl (C=O) groups excluding carboxylic acids is 1. The molecule has 0 bridgehead atoms. The molecule has 0 aromatic carbocycles. The predicted octanol–water partition coefficient (Wildman–Crippen LogP) is 2.36. The molecule has 2 heterocycles. The van der Waals surface area contributed by atoms with Crippen molar-refractivity contribution in [1.29, 1.82) is 0 Å². The summed E-state index contributed by atoms with van der Waals surface area (Å²) in [6, 6.07) is 4.22. The van der Waals surface area contributed by atoms with Crippen LogP contribution in [0.2, 0.25) is 0 Å². The van der Waals surface area contributed by atoms with Crippen LogP contribution in [0.15, 0.2) is 22.5 Å². The second-order valence-corrected chi connectivity index (χ2v) is 7.51. The number of halogens is 1. The second kappa shape index (κ2) is 12.5. The highest BCUT2D eigenvalue weighted by atomic mass is 127. The van der Waals surface area contributed by atoms with Gasteiger partial charge in [-0.25, -0.2) is 4.99 Å². The van der Waals surface area contributed by atoms with Crippen molar-refractivity contribution in [1.82, 2.24) is 20.4 Å². The summed E-state index contributed by atoms with van der Waals surface area (Å²) < 4.78 is 0. The fourth-order valence-electron chi connectivity index (χ4n) is 3.06. The number of rotatable bonds is 8. The Hall–Kier alpha value is -0.870. The number of carbonyl (C=O) groups is 1. The molecule has 1 fully saturated rings. The molecule has 1 saturated heterocycles. The van der Waals surface area contributed by atoms with E-state index in [1.165, 1.54) is 4.88 Å². The quantitative estimate of drug-likeness (QED) is 0.253. The molecular weight excluding hydrogens is 461 g/mol. The average Bonchev–Trinajstić information content (AvgIpc) is 3.27. The molecule has 1 amide bonds. The molecule has 0 spiro atoms. The minimum atomic E-state index is 0. The predicted molar refractivity (Wildman–Crippen MR) is 120 cm³/mol. The van der Waals surface area contributed by atoms with Gasteiger partial charge >= 0.3 is 0 Å². The lowest BCUT2D eigenvalue weighted by atomic mass is 10.2. The molecule has 8 heteroatoms. The van der Waals surface area contributed by atoms with E-state index >= 15 is 0 Å². The van der Waals surface area contributed by atoms with E-state index < -0.39 is 0 Å². The van der Waals surface area contributed by atoms with E-state index in [4.69, 9.17) is 0 Å². The first kappa shape index (κ1) is 23.2. The Balaban J connectivity index is 0.00000338. The van der Waals surface area contributed by atoms with Gasteiger partial charge in [-0.2, -0.15) is 0 Å². The minimum absolute atomic E-state index is 0. The number of likely N-dealkylation sites (N-methyl/N-ethyl adjacent to an activating group) is 1. The zero-order chi connectivity index (χ0) is 18.1. The Morgan fingerprint density at radius 2 is 2.23 bits per heavy atom. The Labute approximate surface area is 178 Å². The van der Waals surface area contributed by atoms with Crippen LogP contribution < -0.4 is 10.6 Å². The Kier molecular flexibility index (Phi) is 11.1. The molecule has 6 nitrogen and oxygen atoms in total. The van der Waals surface area contributed by atoms with Gasteiger partial charge in [0.2, 0.25) is 5.91 Å². The highest BCUT2D eigenvalue weighted by Crippen LogP contribution is 2.18. The second-order valence-electron chi connectivity index (χ2n) is 6.48. The third-order valence-electron chi connectivity index (χ3n) is 4.32. The summed E-state index contributed by atoms with van der Waals surface area (Å²) in [4.78, 5) is 22.1. The Bertz CT molecular complexity index is 550. The van der Waals surface area contributed by atoms with E-state index in [9.17, 15) is 4.79 Å². The molecule has 1 aromatic heterocycles. The van der Waals surface area contributed by atoms with Crippen LogP contribution in [-0.2, 0) is 11.3 Å². The Morgan fingerprint density at radius 1 is 1.42 bits per heavy atom. The number of amides is 1. The van der Waals surface area contributed by atoms with Gasteiger partial charge in [0.15, 0.2) is 5.96 Å². The lowest BCUT2D eigenvalue weighted by Gasteiger charge is -2.26. The Morgan fingerprint density at radius 3 is 2.88 bits per heavy atom. The van der Waals surface area contributed by atoms with E-state index in [0.29, 0.717) is 6.54 Å². The molecule has 1 unspecified atom stereocenters. The van der Waals surface area contributed by atoms with Crippen molar-refractivity contribution in [2.45, 2.75) is 38.8 Å². The van der Waals surface area contributed by atoms with Gasteiger partial charge in [0.1, 0.15) is 0 Å². The first-order chi connectivity index (χ1) is 12.1. The number of nitrogens with one attached hydrogen (secondary N) is 2. The van der Waals surface area contributed by atoms with Crippen molar-refractivity contribution in [2.75, 3.05) is 40.3 Å². The number of aliphatic imine (C=N–C) groups is 1. The number of nitrogens with zero attached hydrogens (tertiary/aromatic N) is 3. The van der Waals surface area contributed by atoms with Crippen LogP contribution in [0.25, 0.3) is 0 Å². The smallest absolute Gasteiger partial charge is 0.239 e. The molecule has 26 heavy (non-hydrogen) atoms. The lowest BCUT2D eigenvalue weighted by Crippen LogP contribution is -2.44. The molecule has 0 radical (unpaired) electrons. The normalized spacial score (nSPS) is 17.7. The third-order valence-corrected chi connectivity index (χ3v) is 5.18. The fraction of sp³-hybridized carbons (Fsp3) is 0.667. The number of thiophene rings is 1. The van der Waals surface area contributed by atoms with E-state index in [1.54, 1.807) is 16.2 Å². The van der Waals surface area contributed by atoms with Gasteiger partial charge < -0.3 is 15.5 Å². The molecule has 2 N–H and O–H groups in total. The third kappa shape index (κ3) is 7.40. The first-order valence-corrected chi connectivity index (χ1v) is 9.99. The van der Waals surface area contributed by atoms with Gasteiger partial charge in [0.25, 0.3) is 0 Å². The van der Waals surface area contributed by atoms with Gasteiger partial charge in [0, 0.05) is 38.6 Å². The zero-order valence-corrected chi connectivity index (χ0v) is 19.2. The monoisotopic (exact) mass is 493 g/mol. The van der Waals surface area contributed by atoms with Crippen LogP contribution in [0.1, 0.15) is 31.1 Å². The number of likely N-dealkylation sites (tertiary alicyclic amines) is 1. The lowest BCUT2D eigenvalue weighted by molar-refractivity contribution is -0.133.